The largest absolute Gasteiger partial charge is 0.256 e. The van der Waals surface area contributed by atoms with Gasteiger partial charge in [0, 0.05) is 37.3 Å². The Kier molecular flexibility index (Phi) is 4.13. The minimum atomic E-state index is -0.0413. The fourth-order valence-electron chi connectivity index (χ4n) is 5.69. The summed E-state index contributed by atoms with van der Waals surface area (Å²) in [5.74, 6) is 0. The summed E-state index contributed by atoms with van der Waals surface area (Å²) >= 11 is 1.90. The van der Waals surface area contributed by atoms with Crippen LogP contribution >= 0.6 is 11.3 Å². The van der Waals surface area contributed by atoms with E-state index in [0.29, 0.717) is 0 Å². The normalized spacial score (nSPS) is 13.8. The molecule has 0 fully saturated rings. The number of hydrogen-bond donors (Lipinski definition) is 0. The summed E-state index contributed by atoms with van der Waals surface area (Å²) in [6, 6.07) is 35.1. The smallest absolute Gasteiger partial charge is 0.0708 e. The van der Waals surface area contributed by atoms with E-state index in [2.05, 4.69) is 111 Å². The van der Waals surface area contributed by atoms with E-state index in [1.807, 2.05) is 17.5 Å². The molecule has 6 aromatic rings. The fourth-order valence-corrected chi connectivity index (χ4v) is 6.85. The maximum atomic E-state index is 4.73. The SMILES string of the molecule is CC1(C)c2ccccc2-c2c1cc1sc3ccccc3c1c2-c1ccnc(-c2ccccc2)c1. The monoisotopic (exact) mass is 453 g/mol. The summed E-state index contributed by atoms with van der Waals surface area (Å²) in [7, 11) is 0. The first-order chi connectivity index (χ1) is 16.6. The molecule has 162 valence electrons. The zero-order chi connectivity index (χ0) is 22.9. The van der Waals surface area contributed by atoms with E-state index in [0.717, 1.165) is 11.3 Å². The topological polar surface area (TPSA) is 12.9 Å². The molecule has 0 spiro atoms. The average molecular weight is 454 g/mol. The molecule has 2 heteroatoms. The minimum absolute atomic E-state index is 0.0413. The number of rotatable bonds is 2. The summed E-state index contributed by atoms with van der Waals surface area (Å²) in [6.07, 6.45) is 1.96. The lowest BCUT2D eigenvalue weighted by molar-refractivity contribution is 0.661. The zero-order valence-corrected chi connectivity index (χ0v) is 20.0. The third-order valence-electron chi connectivity index (χ3n) is 7.33. The van der Waals surface area contributed by atoms with Crippen LogP contribution in [0.4, 0.5) is 0 Å². The van der Waals surface area contributed by atoms with Gasteiger partial charge in [-0.25, -0.2) is 0 Å². The number of fused-ring (bicyclic) bond motifs is 6. The van der Waals surface area contributed by atoms with Crippen LogP contribution in [0.5, 0.6) is 0 Å². The van der Waals surface area contributed by atoms with Crippen molar-refractivity contribution in [2.24, 2.45) is 0 Å². The lowest BCUT2D eigenvalue weighted by atomic mass is 9.81. The zero-order valence-electron chi connectivity index (χ0n) is 19.2. The van der Waals surface area contributed by atoms with Gasteiger partial charge in [0.05, 0.1) is 5.69 Å². The number of pyridine rings is 1. The molecule has 2 heterocycles. The lowest BCUT2D eigenvalue weighted by Crippen LogP contribution is -2.14. The van der Waals surface area contributed by atoms with Gasteiger partial charge in [-0.3, -0.25) is 4.98 Å². The van der Waals surface area contributed by atoms with Gasteiger partial charge in [0.2, 0.25) is 0 Å². The van der Waals surface area contributed by atoms with Gasteiger partial charge in [0.15, 0.2) is 0 Å². The maximum Gasteiger partial charge on any atom is 0.0708 e. The Labute approximate surface area is 203 Å². The van der Waals surface area contributed by atoms with Crippen LogP contribution in [0.15, 0.2) is 103 Å². The number of thiophene rings is 1. The predicted octanol–water partition coefficient (Wildman–Crippen LogP) is 9.09. The van der Waals surface area contributed by atoms with E-state index in [1.54, 1.807) is 0 Å². The van der Waals surface area contributed by atoms with Crippen LogP contribution in [0.25, 0.3) is 53.7 Å². The number of nitrogens with zero attached hydrogens (tertiary/aromatic N) is 1. The average Bonchev–Trinajstić information content (AvgIpc) is 3.36. The van der Waals surface area contributed by atoms with Gasteiger partial charge in [-0.05, 0) is 57.6 Å². The molecular formula is C32H23NS. The van der Waals surface area contributed by atoms with Crippen LogP contribution < -0.4 is 0 Å². The van der Waals surface area contributed by atoms with Gasteiger partial charge in [0.25, 0.3) is 0 Å². The van der Waals surface area contributed by atoms with Gasteiger partial charge in [0.1, 0.15) is 0 Å². The van der Waals surface area contributed by atoms with Gasteiger partial charge in [-0.15, -0.1) is 11.3 Å². The van der Waals surface area contributed by atoms with E-state index in [4.69, 9.17) is 4.98 Å². The molecule has 0 radical (unpaired) electrons. The molecule has 1 nitrogen and oxygen atoms in total. The Morgan fingerprint density at radius 1 is 0.647 bits per heavy atom. The van der Waals surface area contributed by atoms with Gasteiger partial charge < -0.3 is 0 Å². The van der Waals surface area contributed by atoms with Crippen molar-refractivity contribution < 1.29 is 0 Å². The van der Waals surface area contributed by atoms with Crippen LogP contribution in [0, 0.1) is 0 Å². The van der Waals surface area contributed by atoms with Crippen LogP contribution in [0.3, 0.4) is 0 Å². The Hall–Kier alpha value is -3.75. The lowest BCUT2D eigenvalue weighted by Gasteiger charge is -2.22. The molecule has 1 aliphatic carbocycles. The van der Waals surface area contributed by atoms with Crippen molar-refractivity contribution in [2.75, 3.05) is 0 Å². The molecule has 0 aliphatic heterocycles. The van der Waals surface area contributed by atoms with Crippen molar-refractivity contribution >= 4 is 31.5 Å². The van der Waals surface area contributed by atoms with Crippen molar-refractivity contribution in [3.63, 3.8) is 0 Å². The Morgan fingerprint density at radius 2 is 1.41 bits per heavy atom. The molecule has 0 saturated heterocycles. The minimum Gasteiger partial charge on any atom is -0.256 e. The first-order valence-corrected chi connectivity index (χ1v) is 12.5. The highest BCUT2D eigenvalue weighted by molar-refractivity contribution is 7.26. The van der Waals surface area contributed by atoms with Crippen molar-refractivity contribution in [3.8, 4) is 33.5 Å². The highest BCUT2D eigenvalue weighted by Crippen LogP contribution is 2.56. The predicted molar refractivity (Wildman–Crippen MR) is 146 cm³/mol. The maximum absolute atomic E-state index is 4.73. The van der Waals surface area contributed by atoms with Crippen molar-refractivity contribution in [1.29, 1.82) is 0 Å². The van der Waals surface area contributed by atoms with Crippen LogP contribution in [0.1, 0.15) is 25.0 Å². The molecule has 0 saturated carbocycles. The fraction of sp³-hybridized carbons (Fsp3) is 0.0938. The van der Waals surface area contributed by atoms with Crippen molar-refractivity contribution in [3.05, 3.63) is 114 Å². The van der Waals surface area contributed by atoms with E-state index >= 15 is 0 Å². The second-order valence-electron chi connectivity index (χ2n) is 9.61. The van der Waals surface area contributed by atoms with Crippen LogP contribution in [0.2, 0.25) is 0 Å². The standard InChI is InChI=1S/C32H23NS/c1-32(2)24-14-8-6-12-22(24)30-25(32)19-28-31(23-13-7-9-15-27(23)34-28)29(30)21-16-17-33-26(18-21)20-10-4-3-5-11-20/h3-19H,1-2H3. The van der Waals surface area contributed by atoms with Crippen LogP contribution in [-0.4, -0.2) is 4.98 Å². The summed E-state index contributed by atoms with van der Waals surface area (Å²) < 4.78 is 2.69. The summed E-state index contributed by atoms with van der Waals surface area (Å²) in [5, 5.41) is 2.69. The van der Waals surface area contributed by atoms with Gasteiger partial charge in [-0.1, -0.05) is 86.6 Å². The Balaban J connectivity index is 1.64. The van der Waals surface area contributed by atoms with Gasteiger partial charge >= 0.3 is 0 Å². The highest BCUT2D eigenvalue weighted by atomic mass is 32.1. The second-order valence-corrected chi connectivity index (χ2v) is 10.7. The Morgan fingerprint density at radius 3 is 2.29 bits per heavy atom. The molecule has 2 aromatic heterocycles. The molecule has 7 rings (SSSR count). The van der Waals surface area contributed by atoms with Gasteiger partial charge in [-0.2, -0.15) is 0 Å². The summed E-state index contributed by atoms with van der Waals surface area (Å²) in [5.41, 5.74) is 10.2. The molecule has 4 aromatic carbocycles. The second kappa shape index (κ2) is 7.12. The molecule has 1 aliphatic rings. The van der Waals surface area contributed by atoms with Crippen LogP contribution in [-0.2, 0) is 5.41 Å². The summed E-state index contributed by atoms with van der Waals surface area (Å²) in [6.45, 7) is 4.73. The number of aromatic nitrogens is 1. The van der Waals surface area contributed by atoms with Crippen molar-refractivity contribution in [1.82, 2.24) is 4.98 Å². The number of hydrogen-bond acceptors (Lipinski definition) is 2. The molecule has 0 atom stereocenters. The van der Waals surface area contributed by atoms with E-state index in [9.17, 15) is 0 Å². The molecule has 0 N–H and O–H groups in total. The molecular weight excluding hydrogens is 430 g/mol. The first kappa shape index (κ1) is 19.7. The van der Waals surface area contributed by atoms with E-state index < -0.39 is 0 Å². The third-order valence-corrected chi connectivity index (χ3v) is 8.45. The molecule has 0 bridgehead atoms. The number of benzene rings is 4. The quantitative estimate of drug-likeness (QED) is 0.255. The molecule has 0 unspecified atom stereocenters. The Bertz CT molecular complexity index is 1720. The van der Waals surface area contributed by atoms with E-state index in [1.165, 1.54) is 53.6 Å². The summed E-state index contributed by atoms with van der Waals surface area (Å²) in [4.78, 5) is 4.73. The highest BCUT2D eigenvalue weighted by Gasteiger charge is 2.38. The first-order valence-electron chi connectivity index (χ1n) is 11.7. The third kappa shape index (κ3) is 2.69. The molecule has 0 amide bonds. The molecule has 34 heavy (non-hydrogen) atoms. The van der Waals surface area contributed by atoms with E-state index in [-0.39, 0.29) is 5.41 Å². The van der Waals surface area contributed by atoms with Crippen molar-refractivity contribution in [2.45, 2.75) is 19.3 Å².